The fraction of sp³-hybridized carbons (Fsp3) is 0.438. The third kappa shape index (κ3) is 3.79. The van der Waals surface area contributed by atoms with Gasteiger partial charge in [0, 0.05) is 0 Å². The van der Waals surface area contributed by atoms with Gasteiger partial charge in [0.1, 0.15) is 0 Å². The number of ether oxygens (including phenoxy) is 2. The van der Waals surface area contributed by atoms with E-state index in [2.05, 4.69) is 0 Å². The Bertz CT molecular complexity index is 752. The van der Waals surface area contributed by atoms with Gasteiger partial charge in [0.05, 0.1) is 22.4 Å². The number of carbonyl (C=O) groups excluding carboxylic acids is 2. The number of esters is 2. The smallest absolute Gasteiger partial charge is 0.341 e. The molecule has 0 amide bonds. The lowest BCUT2D eigenvalue weighted by Crippen LogP contribution is -2.37. The van der Waals surface area contributed by atoms with Crippen molar-refractivity contribution in [3.8, 4) is 0 Å². The number of fused-ring (bicyclic) bond motifs is 1. The molecule has 23 heavy (non-hydrogen) atoms. The van der Waals surface area contributed by atoms with Crippen molar-refractivity contribution in [3.63, 3.8) is 0 Å². The molecule has 0 saturated heterocycles. The van der Waals surface area contributed by atoms with E-state index in [4.69, 9.17) is 9.47 Å². The summed E-state index contributed by atoms with van der Waals surface area (Å²) in [7, 11) is 0. The molecule has 7 heteroatoms. The van der Waals surface area contributed by atoms with Crippen LogP contribution in [0.15, 0.2) is 29.1 Å². The first-order chi connectivity index (χ1) is 10.8. The third-order valence-corrected chi connectivity index (χ3v) is 3.86. The van der Waals surface area contributed by atoms with Gasteiger partial charge in [-0.05, 0) is 39.8 Å². The molecule has 0 aliphatic carbocycles. The first-order valence-electron chi connectivity index (χ1n) is 7.32. The molecule has 0 aliphatic heterocycles. The molecule has 0 N–H and O–H groups in total. The number of rotatable bonds is 5. The second-order valence-corrected chi connectivity index (χ2v) is 6.57. The quantitative estimate of drug-likeness (QED) is 0.619. The van der Waals surface area contributed by atoms with E-state index < -0.39 is 35.1 Å². The van der Waals surface area contributed by atoms with Crippen LogP contribution in [0.4, 0.5) is 0 Å². The summed E-state index contributed by atoms with van der Waals surface area (Å²) < 4.78 is 12.1. The van der Waals surface area contributed by atoms with Crippen molar-refractivity contribution in [1.29, 1.82) is 0 Å². The lowest BCUT2D eigenvalue weighted by atomic mass is 10.2. The van der Waals surface area contributed by atoms with Crippen LogP contribution in [-0.4, -0.2) is 28.7 Å². The Balaban J connectivity index is 2.55. The second-order valence-electron chi connectivity index (χ2n) is 5.58. The summed E-state index contributed by atoms with van der Waals surface area (Å²) in [6.45, 7) is 6.71. The van der Waals surface area contributed by atoms with E-state index in [-0.39, 0.29) is 0 Å². The molecule has 1 aromatic carbocycles. The number of aromatic nitrogens is 1. The molecule has 0 unspecified atom stereocenters. The molecule has 124 valence electrons. The predicted octanol–water partition coefficient (Wildman–Crippen LogP) is 2.51. The highest BCUT2D eigenvalue weighted by Gasteiger charge is 2.35. The Kier molecular flexibility index (Phi) is 5.20. The molecule has 2 aromatic rings. The van der Waals surface area contributed by atoms with Gasteiger partial charge in [0.15, 0.2) is 0 Å². The average Bonchev–Trinajstić information content (AvgIpc) is 2.74. The Morgan fingerprint density at radius 1 is 1.00 bits per heavy atom. The van der Waals surface area contributed by atoms with Crippen molar-refractivity contribution in [2.24, 2.45) is 0 Å². The minimum atomic E-state index is -1.44. The molecule has 0 saturated carbocycles. The Morgan fingerprint density at radius 2 is 1.52 bits per heavy atom. The highest BCUT2D eigenvalue weighted by atomic mass is 32.1. The summed E-state index contributed by atoms with van der Waals surface area (Å²) in [4.78, 5) is 36.7. The van der Waals surface area contributed by atoms with E-state index in [9.17, 15) is 14.4 Å². The van der Waals surface area contributed by atoms with Crippen LogP contribution >= 0.6 is 11.3 Å². The van der Waals surface area contributed by atoms with Gasteiger partial charge in [-0.1, -0.05) is 23.5 Å². The van der Waals surface area contributed by atoms with E-state index in [0.717, 1.165) is 15.9 Å². The monoisotopic (exact) mass is 337 g/mol. The number of nitrogens with zero attached hydrogens (tertiary/aromatic N) is 1. The van der Waals surface area contributed by atoms with E-state index in [1.54, 1.807) is 52.0 Å². The molecule has 2 rings (SSSR count). The van der Waals surface area contributed by atoms with Crippen molar-refractivity contribution < 1.29 is 19.1 Å². The number of benzene rings is 1. The van der Waals surface area contributed by atoms with Crippen molar-refractivity contribution >= 4 is 33.5 Å². The number of hydrogen-bond acceptors (Lipinski definition) is 6. The van der Waals surface area contributed by atoms with Crippen LogP contribution in [0.2, 0.25) is 0 Å². The Labute approximate surface area is 137 Å². The SMILES string of the molecule is CC(C)OC(=O)C(C(=O)OC(C)C)n1c(=O)sc2ccccc21. The number of para-hydroxylation sites is 1. The van der Waals surface area contributed by atoms with E-state index >= 15 is 0 Å². The first-order valence-corrected chi connectivity index (χ1v) is 8.14. The zero-order valence-corrected chi connectivity index (χ0v) is 14.3. The molecule has 1 aromatic heterocycles. The molecule has 0 radical (unpaired) electrons. The second kappa shape index (κ2) is 6.95. The molecule has 0 fully saturated rings. The predicted molar refractivity (Wildman–Crippen MR) is 87.6 cm³/mol. The van der Waals surface area contributed by atoms with Gasteiger partial charge in [0.25, 0.3) is 0 Å². The minimum absolute atomic E-state index is 0.405. The summed E-state index contributed by atoms with van der Waals surface area (Å²) >= 11 is 0.972. The lowest BCUT2D eigenvalue weighted by molar-refractivity contribution is -0.164. The fourth-order valence-electron chi connectivity index (χ4n) is 2.13. The molecule has 0 atom stereocenters. The van der Waals surface area contributed by atoms with E-state index in [1.165, 1.54) is 0 Å². The molecular formula is C16H19NO5S. The Morgan fingerprint density at radius 3 is 2.04 bits per heavy atom. The van der Waals surface area contributed by atoms with Gasteiger partial charge in [-0.3, -0.25) is 9.36 Å². The lowest BCUT2D eigenvalue weighted by Gasteiger charge is -2.19. The molecular weight excluding hydrogens is 318 g/mol. The molecule has 0 bridgehead atoms. The van der Waals surface area contributed by atoms with Crippen LogP contribution in [0.25, 0.3) is 10.2 Å². The summed E-state index contributed by atoms with van der Waals surface area (Å²) in [5.41, 5.74) is 0.508. The Hall–Kier alpha value is -2.15. The largest absolute Gasteiger partial charge is 0.461 e. The summed E-state index contributed by atoms with van der Waals surface area (Å²) in [5.74, 6) is -1.59. The van der Waals surface area contributed by atoms with Gasteiger partial charge >= 0.3 is 16.8 Å². The van der Waals surface area contributed by atoms with Gasteiger partial charge in [-0.25, -0.2) is 9.59 Å². The van der Waals surface area contributed by atoms with Crippen LogP contribution in [0.3, 0.4) is 0 Å². The van der Waals surface area contributed by atoms with Gasteiger partial charge in [-0.2, -0.15) is 0 Å². The minimum Gasteiger partial charge on any atom is -0.461 e. The van der Waals surface area contributed by atoms with Crippen molar-refractivity contribution in [1.82, 2.24) is 4.57 Å². The van der Waals surface area contributed by atoms with Crippen molar-refractivity contribution in [2.45, 2.75) is 45.9 Å². The van der Waals surface area contributed by atoms with E-state index in [0.29, 0.717) is 10.2 Å². The highest BCUT2D eigenvalue weighted by molar-refractivity contribution is 7.16. The maximum absolute atomic E-state index is 12.4. The van der Waals surface area contributed by atoms with Crippen LogP contribution in [-0.2, 0) is 19.1 Å². The zero-order valence-electron chi connectivity index (χ0n) is 13.4. The van der Waals surface area contributed by atoms with E-state index in [1.807, 2.05) is 0 Å². The first kappa shape index (κ1) is 17.2. The van der Waals surface area contributed by atoms with Crippen LogP contribution in [0, 0.1) is 0 Å². The summed E-state index contributed by atoms with van der Waals surface area (Å²) in [5, 5.41) is 0. The summed E-state index contributed by atoms with van der Waals surface area (Å²) in [6.07, 6.45) is -0.810. The molecule has 0 spiro atoms. The van der Waals surface area contributed by atoms with Crippen molar-refractivity contribution in [3.05, 3.63) is 33.9 Å². The van der Waals surface area contributed by atoms with Gasteiger partial charge in [0.2, 0.25) is 6.04 Å². The molecule has 1 heterocycles. The van der Waals surface area contributed by atoms with Crippen LogP contribution in [0.5, 0.6) is 0 Å². The normalized spacial score (nSPS) is 11.4. The number of thiazole rings is 1. The molecule has 0 aliphatic rings. The standard InChI is InChI=1S/C16H19NO5S/c1-9(2)21-14(18)13(15(19)22-10(3)4)17-11-7-5-6-8-12(11)23-16(17)20/h5-10,13H,1-4H3. The maximum Gasteiger partial charge on any atom is 0.341 e. The highest BCUT2D eigenvalue weighted by Crippen LogP contribution is 2.23. The number of carbonyl (C=O) groups is 2. The van der Waals surface area contributed by atoms with Gasteiger partial charge < -0.3 is 9.47 Å². The fourth-order valence-corrected chi connectivity index (χ4v) is 3.04. The van der Waals surface area contributed by atoms with Crippen LogP contribution in [0.1, 0.15) is 33.7 Å². The van der Waals surface area contributed by atoms with Gasteiger partial charge in [-0.15, -0.1) is 0 Å². The topological polar surface area (TPSA) is 74.6 Å². The zero-order chi connectivity index (χ0) is 17.1. The summed E-state index contributed by atoms with van der Waals surface area (Å²) in [6, 6.07) is 5.53. The molecule has 6 nitrogen and oxygen atoms in total. The van der Waals surface area contributed by atoms with Crippen LogP contribution < -0.4 is 4.87 Å². The van der Waals surface area contributed by atoms with Crippen molar-refractivity contribution in [2.75, 3.05) is 0 Å². The number of hydrogen-bond donors (Lipinski definition) is 0. The third-order valence-electron chi connectivity index (χ3n) is 2.93. The maximum atomic E-state index is 12.4. The average molecular weight is 337 g/mol.